The molecule has 5 heteroatoms. The minimum atomic E-state index is -0.276. The van der Waals surface area contributed by atoms with Gasteiger partial charge < -0.3 is 10.1 Å². The quantitative estimate of drug-likeness (QED) is 0.862. The molecule has 1 N–H and O–H groups in total. The van der Waals surface area contributed by atoms with Gasteiger partial charge in [-0.25, -0.2) is 0 Å². The Kier molecular flexibility index (Phi) is 3.96. The molecule has 0 saturated carbocycles. The van der Waals surface area contributed by atoms with Crippen LogP contribution in [0.5, 0.6) is 5.75 Å². The molecule has 0 bridgehead atoms. The summed E-state index contributed by atoms with van der Waals surface area (Å²) >= 11 is 0. The highest BCUT2D eigenvalue weighted by molar-refractivity contribution is 6.06. The number of ether oxygens (including phenoxy) is 1. The number of benzene rings is 2. The van der Waals surface area contributed by atoms with Gasteiger partial charge in [-0.2, -0.15) is 0 Å². The van der Waals surface area contributed by atoms with Crippen LogP contribution in [0, 0.1) is 12.3 Å². The number of anilines is 1. The van der Waals surface area contributed by atoms with E-state index in [1.165, 1.54) is 0 Å². The summed E-state index contributed by atoms with van der Waals surface area (Å²) in [4.78, 5) is 15.3. The van der Waals surface area contributed by atoms with Crippen LogP contribution in [0.1, 0.15) is 15.9 Å². The van der Waals surface area contributed by atoms with Crippen molar-refractivity contribution in [2.45, 2.75) is 6.92 Å². The average Bonchev–Trinajstić information content (AvgIpc) is 2.49. The van der Waals surface area contributed by atoms with E-state index in [2.05, 4.69) is 10.3 Å². The van der Waals surface area contributed by atoms with Crippen LogP contribution in [-0.2, 0) is 0 Å². The molecule has 2 aromatic carbocycles. The molecule has 0 aliphatic carbocycles. The second-order valence-electron chi connectivity index (χ2n) is 4.26. The number of nitrogens with one attached hydrogen (secondary N) is 1. The summed E-state index contributed by atoms with van der Waals surface area (Å²) in [6.45, 7) is 1.83. The summed E-state index contributed by atoms with van der Waals surface area (Å²) in [5, 5.41) is 11.7. The highest BCUT2D eigenvalue weighted by atomic mass is 16.5. The Hall–Kier alpha value is -2.87. The summed E-state index contributed by atoms with van der Waals surface area (Å²) in [5.41, 5.74) is 2.02. The predicted octanol–water partition coefficient (Wildman–Crippen LogP) is 3.74. The number of nitrogens with zero attached hydrogens (tertiary/aromatic N) is 2. The van der Waals surface area contributed by atoms with Crippen LogP contribution in [0.3, 0.4) is 0 Å². The van der Waals surface area contributed by atoms with Gasteiger partial charge >= 0.3 is 5.69 Å². The molecule has 5 nitrogen and oxygen atoms in total. The zero-order chi connectivity index (χ0) is 14.5. The summed E-state index contributed by atoms with van der Waals surface area (Å²) < 4.78 is 5.20. The molecule has 0 aromatic heterocycles. The molecule has 2 rings (SSSR count). The standard InChI is InChI=1S/C15H13N3O2/c1-10-8-13(18-16)12(9-14(10)20-2)17-15(19)11-6-4-3-5-7-11/h3-9H,1-2H3/p+1. The molecule has 0 spiro atoms. The van der Waals surface area contributed by atoms with Crippen LogP contribution < -0.4 is 10.1 Å². The zero-order valence-electron chi connectivity index (χ0n) is 11.3. The molecular formula is C15H14N3O2+. The van der Waals surface area contributed by atoms with Gasteiger partial charge in [-0.05, 0) is 24.6 Å². The number of amides is 1. The fraction of sp³-hybridized carbons (Fsp3) is 0.133. The van der Waals surface area contributed by atoms with Gasteiger partial charge in [0.2, 0.25) is 5.39 Å². The molecular weight excluding hydrogens is 254 g/mol. The van der Waals surface area contributed by atoms with Crippen molar-refractivity contribution < 1.29 is 9.53 Å². The first kappa shape index (κ1) is 13.6. The monoisotopic (exact) mass is 268 g/mol. The third-order valence-corrected chi connectivity index (χ3v) is 2.91. The van der Waals surface area contributed by atoms with Crippen molar-refractivity contribution >= 4 is 17.3 Å². The van der Waals surface area contributed by atoms with E-state index in [0.717, 1.165) is 5.56 Å². The molecule has 1 amide bonds. The summed E-state index contributed by atoms with van der Waals surface area (Å²) in [5.74, 6) is 0.335. The van der Waals surface area contributed by atoms with Crippen LogP contribution in [0.2, 0.25) is 0 Å². The first-order valence-electron chi connectivity index (χ1n) is 6.06. The average molecular weight is 268 g/mol. The van der Waals surface area contributed by atoms with Crippen LogP contribution >= 0.6 is 0 Å². The zero-order valence-corrected chi connectivity index (χ0v) is 11.3. The topological polar surface area (TPSA) is 66.5 Å². The maximum absolute atomic E-state index is 12.1. The molecule has 0 aliphatic heterocycles. The van der Waals surface area contributed by atoms with Crippen molar-refractivity contribution in [3.05, 3.63) is 58.6 Å². The van der Waals surface area contributed by atoms with Crippen LogP contribution in [-0.4, -0.2) is 13.0 Å². The van der Waals surface area contributed by atoms with Gasteiger partial charge in [-0.15, -0.1) is 0 Å². The minimum absolute atomic E-state index is 0.276. The Bertz CT molecular complexity index is 676. The third-order valence-electron chi connectivity index (χ3n) is 2.91. The normalized spacial score (nSPS) is 9.65. The first-order valence-corrected chi connectivity index (χ1v) is 6.06. The molecule has 0 aliphatic rings. The first-order chi connectivity index (χ1) is 9.65. The molecule has 2 aromatic rings. The number of carbonyl (C=O) groups is 1. The largest absolute Gasteiger partial charge is 0.496 e. The van der Waals surface area contributed by atoms with Gasteiger partial charge in [-0.1, -0.05) is 18.2 Å². The highest BCUT2D eigenvalue weighted by Crippen LogP contribution is 2.33. The highest BCUT2D eigenvalue weighted by Gasteiger charge is 2.19. The van der Waals surface area contributed by atoms with Gasteiger partial charge in [0.25, 0.3) is 5.91 Å². The minimum Gasteiger partial charge on any atom is -0.496 e. The van der Waals surface area contributed by atoms with E-state index in [1.807, 2.05) is 13.0 Å². The Labute approximate surface area is 116 Å². The summed E-state index contributed by atoms with van der Waals surface area (Å²) in [6, 6.07) is 12.1. The number of aryl methyl sites for hydroxylation is 1. The van der Waals surface area contributed by atoms with Crippen molar-refractivity contribution in [2.75, 3.05) is 12.4 Å². The van der Waals surface area contributed by atoms with Gasteiger partial charge in [0, 0.05) is 17.7 Å². The van der Waals surface area contributed by atoms with Gasteiger partial charge in [-0.3, -0.25) is 4.79 Å². The number of carbonyl (C=O) groups excluding carboxylic acids is 1. The van der Waals surface area contributed by atoms with Crippen LogP contribution in [0.4, 0.5) is 11.4 Å². The molecule has 0 saturated heterocycles. The van der Waals surface area contributed by atoms with E-state index < -0.39 is 0 Å². The third kappa shape index (κ3) is 2.75. The van der Waals surface area contributed by atoms with E-state index >= 15 is 0 Å². The fourth-order valence-corrected chi connectivity index (χ4v) is 1.86. The predicted molar refractivity (Wildman–Crippen MR) is 76.9 cm³/mol. The van der Waals surface area contributed by atoms with E-state index in [4.69, 9.17) is 10.1 Å². The Morgan fingerprint density at radius 3 is 2.55 bits per heavy atom. The molecule has 0 heterocycles. The smallest absolute Gasteiger partial charge is 0.408 e. The van der Waals surface area contributed by atoms with E-state index in [-0.39, 0.29) is 11.6 Å². The Morgan fingerprint density at radius 1 is 1.25 bits per heavy atom. The summed E-state index contributed by atoms with van der Waals surface area (Å²) in [6.07, 6.45) is 0. The van der Waals surface area contributed by atoms with Crippen LogP contribution in [0.15, 0.2) is 42.5 Å². The molecule has 0 atom stereocenters. The number of hydrogen-bond acceptors (Lipinski definition) is 3. The summed E-state index contributed by atoms with van der Waals surface area (Å²) in [7, 11) is 1.54. The Morgan fingerprint density at radius 2 is 1.95 bits per heavy atom. The maximum Gasteiger partial charge on any atom is 0.408 e. The molecule has 20 heavy (non-hydrogen) atoms. The van der Waals surface area contributed by atoms with Gasteiger partial charge in [0.05, 0.1) is 7.11 Å². The lowest BCUT2D eigenvalue weighted by Gasteiger charge is -2.07. The lowest BCUT2D eigenvalue weighted by molar-refractivity contribution is 0.102. The number of methoxy groups -OCH3 is 1. The lowest BCUT2D eigenvalue weighted by atomic mass is 10.1. The van der Waals surface area contributed by atoms with Crippen LogP contribution in [0.25, 0.3) is 4.98 Å². The molecule has 0 fully saturated rings. The molecule has 0 unspecified atom stereocenters. The number of hydrogen-bond donors (Lipinski definition) is 1. The lowest BCUT2D eigenvalue weighted by Crippen LogP contribution is -2.11. The van der Waals surface area contributed by atoms with Crippen molar-refractivity contribution in [1.82, 2.24) is 0 Å². The fourth-order valence-electron chi connectivity index (χ4n) is 1.86. The van der Waals surface area contributed by atoms with Crippen molar-refractivity contribution in [1.29, 1.82) is 5.39 Å². The number of rotatable bonds is 3. The SMILES string of the molecule is COc1cc(NC(=O)c2ccccc2)c([N+]#N)cc1C. The molecule has 0 radical (unpaired) electrons. The maximum atomic E-state index is 12.1. The van der Waals surface area contributed by atoms with E-state index in [0.29, 0.717) is 17.0 Å². The van der Waals surface area contributed by atoms with E-state index in [9.17, 15) is 4.79 Å². The van der Waals surface area contributed by atoms with Gasteiger partial charge in [0.1, 0.15) is 11.4 Å². The van der Waals surface area contributed by atoms with Crippen molar-refractivity contribution in [3.63, 3.8) is 0 Å². The van der Waals surface area contributed by atoms with Crippen molar-refractivity contribution in [2.24, 2.45) is 0 Å². The van der Waals surface area contributed by atoms with Crippen molar-refractivity contribution in [3.8, 4) is 5.75 Å². The van der Waals surface area contributed by atoms with E-state index in [1.54, 1.807) is 43.5 Å². The second-order valence-corrected chi connectivity index (χ2v) is 4.26. The number of diazo groups is 1. The van der Waals surface area contributed by atoms with Gasteiger partial charge in [0.15, 0.2) is 4.98 Å². The Balaban J connectivity index is 2.34. The second kappa shape index (κ2) is 5.85. The molecule has 100 valence electrons.